The van der Waals surface area contributed by atoms with Crippen LogP contribution in [-0.4, -0.2) is 221 Å². The molecule has 6 aliphatic heterocycles. The van der Waals surface area contributed by atoms with Crippen molar-refractivity contribution >= 4 is 112 Å². The Morgan fingerprint density at radius 3 is 1.29 bits per heavy atom. The predicted octanol–water partition coefficient (Wildman–Crippen LogP) is 8.10. The first kappa shape index (κ1) is 82.9. The fourth-order valence-corrected chi connectivity index (χ4v) is 20.9. The van der Waals surface area contributed by atoms with Crippen LogP contribution in [0.1, 0.15) is 156 Å². The van der Waals surface area contributed by atoms with Gasteiger partial charge in [0.25, 0.3) is 11.8 Å². The molecule has 2 N–H and O–H groups in total. The number of sulfonamides is 2. The number of aromatic nitrogens is 2. The Bertz CT molecular complexity index is 4460. The monoisotopic (exact) mass is 1610 g/mol. The van der Waals surface area contributed by atoms with Crippen molar-refractivity contribution in [3.05, 3.63) is 73.1 Å². The molecule has 30 heteroatoms. The van der Waals surface area contributed by atoms with Crippen LogP contribution in [0.3, 0.4) is 0 Å². The molecule has 2 saturated heterocycles. The van der Waals surface area contributed by atoms with Crippen molar-refractivity contribution < 1.29 is 83.7 Å². The van der Waals surface area contributed by atoms with E-state index >= 15 is 9.59 Å². The number of anilines is 2. The number of nitrogens with one attached hydrogen (secondary N) is 2. The number of rotatable bonds is 18. The highest BCUT2D eigenvalue weighted by molar-refractivity contribution is 7.91. The van der Waals surface area contributed by atoms with Crippen molar-refractivity contribution in [3.8, 4) is 23.3 Å². The highest BCUT2D eigenvalue weighted by Crippen LogP contribution is 2.59. The van der Waals surface area contributed by atoms with Crippen molar-refractivity contribution in [2.45, 2.75) is 191 Å². The van der Waals surface area contributed by atoms with Crippen LogP contribution in [0.15, 0.2) is 73.1 Å². The minimum atomic E-state index is -3.88. The molecule has 6 fully saturated rings. The summed E-state index contributed by atoms with van der Waals surface area (Å²) in [7, 11) is 2.24. The van der Waals surface area contributed by atoms with Gasteiger partial charge in [-0.1, -0.05) is 64.8 Å². The number of fused-ring (bicyclic) bond motifs is 10. The predicted molar refractivity (Wildman–Crippen MR) is 426 cm³/mol. The minimum Gasteiger partial charge on any atom is -0.489 e. The van der Waals surface area contributed by atoms with Crippen LogP contribution in [-0.2, 0) is 68.0 Å². The quantitative estimate of drug-likeness (QED) is 0.0701. The van der Waals surface area contributed by atoms with Gasteiger partial charge in [-0.25, -0.2) is 26.8 Å². The lowest BCUT2D eigenvalue weighted by Gasteiger charge is -2.33. The molecule has 6 amide bonds. The molecule has 4 aliphatic carbocycles. The molecule has 616 valence electrons. The van der Waals surface area contributed by atoms with Crippen LogP contribution in [0.25, 0.3) is 21.5 Å². The number of ketones is 4. The number of allylic oxidation sites excluding steroid dienone is 4. The Hall–Kier alpha value is -9.06. The van der Waals surface area contributed by atoms with Gasteiger partial charge in [0.1, 0.15) is 25.4 Å². The van der Waals surface area contributed by atoms with Gasteiger partial charge in [-0.15, -0.1) is 0 Å². The third kappa shape index (κ3) is 17.5. The van der Waals surface area contributed by atoms with Crippen LogP contribution in [0.4, 0.5) is 11.4 Å². The van der Waals surface area contributed by atoms with E-state index in [2.05, 4.69) is 43.1 Å². The molecule has 14 atom stereocenters. The van der Waals surface area contributed by atoms with Crippen molar-refractivity contribution in [2.24, 2.45) is 58.2 Å². The molecule has 0 unspecified atom stereocenters. The second kappa shape index (κ2) is 33.6. The van der Waals surface area contributed by atoms with Crippen molar-refractivity contribution in [2.75, 3.05) is 91.5 Å². The lowest BCUT2D eigenvalue weighted by Crippen LogP contribution is -2.48. The van der Waals surface area contributed by atoms with Gasteiger partial charge in [-0.2, -0.15) is 0 Å². The smallest absolute Gasteiger partial charge is 0.289 e. The van der Waals surface area contributed by atoms with E-state index in [0.717, 1.165) is 59.6 Å². The van der Waals surface area contributed by atoms with Crippen molar-refractivity contribution in [1.82, 2.24) is 39.0 Å². The third-order valence-corrected chi connectivity index (χ3v) is 29.1. The second-order valence-corrected chi connectivity index (χ2v) is 38.1. The molecule has 0 radical (unpaired) electrons. The normalized spacial score (nSPS) is 29.8. The fourth-order valence-electron chi connectivity index (χ4n) is 18.2. The summed E-state index contributed by atoms with van der Waals surface area (Å²) in [6.07, 6.45) is 16.7. The van der Waals surface area contributed by atoms with E-state index in [1.165, 1.54) is 47.8 Å². The van der Waals surface area contributed by atoms with Crippen molar-refractivity contribution in [3.63, 3.8) is 0 Å². The SMILES string of the molecule is CC[C@@H]1C[C@@H](C)CC/C=C\[C@@H]2C[C@@]2(C(=O)NS(=O)(=O)C2CC2)CC(=O)[C@@H]2C[C@@H](Oc3nccc4c5c(ccc34)N(C)CCO5)CN2C(=O)[C@H]1CC(=O)C(=O)N(C)C.CC[C@@H]1C[C@H](C)CC/C=C\[C@@H]2C[C@@]2(C(=O)NS(=O)(=O)C2CC2)CC(=O)[C@@H]2C[C@@H](Oc3nccc4c5c(ccc34)N(C)CCO5)CN2C(=O)[C@H]1CC(=O)C(=O)N(C)C. The first-order chi connectivity index (χ1) is 54.3. The number of nitrogens with zero attached hydrogens (tertiary/aromatic N) is 8. The molecule has 0 spiro atoms. The Morgan fingerprint density at radius 2 is 0.930 bits per heavy atom. The lowest BCUT2D eigenvalue weighted by atomic mass is 9.78. The number of hydrogen-bond acceptors (Lipinski definition) is 22. The number of ether oxygens (including phenoxy) is 4. The number of carbonyl (C=O) groups excluding carboxylic acids is 10. The molecule has 2 aromatic carbocycles. The zero-order valence-corrected chi connectivity index (χ0v) is 68.8. The van der Waals surface area contributed by atoms with Crippen LogP contribution in [0, 0.1) is 58.2 Å². The molecule has 114 heavy (non-hydrogen) atoms. The van der Waals surface area contributed by atoms with Crippen LogP contribution in [0.5, 0.6) is 23.3 Å². The second-order valence-electron chi connectivity index (χ2n) is 34.2. The Balaban J connectivity index is 0.000000199. The highest BCUT2D eigenvalue weighted by atomic mass is 32.2. The van der Waals surface area contributed by atoms with Gasteiger partial charge in [0, 0.05) is 127 Å². The first-order valence-corrected chi connectivity index (χ1v) is 43.8. The van der Waals surface area contributed by atoms with Gasteiger partial charge in [0.2, 0.25) is 67.0 Å². The van der Waals surface area contributed by atoms with E-state index < -0.39 is 125 Å². The molecule has 10 aliphatic rings. The topological polar surface area (TPSA) is 345 Å². The summed E-state index contributed by atoms with van der Waals surface area (Å²) in [5, 5.41) is 1.82. The zero-order valence-electron chi connectivity index (χ0n) is 67.1. The Labute approximate surface area is 667 Å². The summed E-state index contributed by atoms with van der Waals surface area (Å²) in [4.78, 5) is 159. The number of benzene rings is 2. The van der Waals surface area contributed by atoms with E-state index in [1.807, 2.05) is 88.6 Å². The van der Waals surface area contributed by atoms with E-state index in [1.54, 1.807) is 12.4 Å². The van der Waals surface area contributed by atoms with Gasteiger partial charge in [-0.3, -0.25) is 57.4 Å². The number of amides is 6. The average molecular weight is 1610 g/mol. The van der Waals surface area contributed by atoms with Crippen LogP contribution < -0.4 is 38.2 Å². The summed E-state index contributed by atoms with van der Waals surface area (Å²) < 4.78 is 81.7. The lowest BCUT2D eigenvalue weighted by molar-refractivity contribution is -0.148. The Morgan fingerprint density at radius 1 is 0.544 bits per heavy atom. The molecule has 2 aromatic heterocycles. The molecule has 4 aromatic rings. The molecule has 4 saturated carbocycles. The van der Waals surface area contributed by atoms with Gasteiger partial charge < -0.3 is 48.3 Å². The molecule has 8 heterocycles. The molecular formula is C84H110N10O18S2. The summed E-state index contributed by atoms with van der Waals surface area (Å²) in [6.45, 7) is 10.7. The number of hydrogen-bond donors (Lipinski definition) is 2. The minimum absolute atomic E-state index is 0.00831. The van der Waals surface area contributed by atoms with Gasteiger partial charge in [0.15, 0.2) is 23.1 Å². The Kier molecular flexibility index (Phi) is 24.5. The summed E-state index contributed by atoms with van der Waals surface area (Å²) in [5.41, 5.74) is -0.674. The maximum Gasteiger partial charge on any atom is 0.289 e. The van der Waals surface area contributed by atoms with Gasteiger partial charge >= 0.3 is 0 Å². The summed E-state index contributed by atoms with van der Waals surface area (Å²) in [6, 6.07) is 9.41. The maximum atomic E-state index is 15.0. The highest BCUT2D eigenvalue weighted by Gasteiger charge is 2.64. The standard InChI is InChI=1S/2C42H55N5O9S/c2*1-6-26-19-25(2)9-7-8-10-27-22-42(27,41(52)44-57(53,54)29-11-12-29)23-36(49)34-20-28(24-47(34)39(50)32(26)21-35(48)40(51)45(3)4)56-38-31-13-14-33-37(30(31)15-16-43-38)55-18-17-46(33)5/h2*8,10,13-16,25-29,32,34H,6-7,9,11-12,17-24H2,1-5H3,(H,44,52)/b2*10-8-/t25-,26+,27+,28+,32-,34-,42+;25-,26-,27-,28-,32+,34+,42-/m01/s1. The van der Waals surface area contributed by atoms with Crippen LogP contribution >= 0.6 is 0 Å². The average Bonchev–Trinajstić information content (AvgIpc) is 1.57. The number of likely N-dealkylation sites (N-methyl/N-ethyl adjacent to an activating group) is 4. The largest absolute Gasteiger partial charge is 0.489 e. The first-order valence-electron chi connectivity index (χ1n) is 40.7. The number of carbonyl (C=O) groups is 10. The molecule has 28 nitrogen and oxygen atoms in total. The van der Waals surface area contributed by atoms with Crippen molar-refractivity contribution in [1.29, 1.82) is 0 Å². The van der Waals surface area contributed by atoms with E-state index in [0.29, 0.717) is 113 Å². The molecule has 14 rings (SSSR count). The third-order valence-electron chi connectivity index (χ3n) is 25.5. The van der Waals surface area contributed by atoms with E-state index in [-0.39, 0.29) is 98.7 Å². The van der Waals surface area contributed by atoms with E-state index in [4.69, 9.17) is 18.9 Å². The zero-order chi connectivity index (χ0) is 81.6. The van der Waals surface area contributed by atoms with Crippen LogP contribution in [0.2, 0.25) is 0 Å². The summed E-state index contributed by atoms with van der Waals surface area (Å²) >= 11 is 0. The van der Waals surface area contributed by atoms with Gasteiger partial charge in [0.05, 0.1) is 71.0 Å². The van der Waals surface area contributed by atoms with E-state index in [9.17, 15) is 55.2 Å². The maximum absolute atomic E-state index is 15.0. The number of Topliss-reactive ketones (excluding diaryl/α,β-unsaturated/α-hetero) is 4. The number of pyridine rings is 2. The summed E-state index contributed by atoms with van der Waals surface area (Å²) in [5.74, 6) is -6.26. The van der Waals surface area contributed by atoms with Gasteiger partial charge in [-0.05, 0) is 149 Å². The molecular weight excluding hydrogens is 1500 g/mol. The molecule has 0 bridgehead atoms. The fraction of sp³-hybridized carbons (Fsp3) is 0.619.